The van der Waals surface area contributed by atoms with Crippen molar-refractivity contribution in [3.63, 3.8) is 0 Å². The molecule has 0 N–H and O–H groups in total. The Labute approximate surface area is 78.5 Å². The molecular formula is C11H14O2. The fraction of sp³-hybridized carbons (Fsp3) is 0.455. The standard InChI is InChI=1S/C11H14O2/c1-2-4-10(5-3-1)6-7-12-8-11-9-13-11/h1-5,11H,6-9H2/t11-/m1/s1. The molecule has 0 bridgehead atoms. The number of hydrogen-bond donors (Lipinski definition) is 0. The van der Waals surface area contributed by atoms with Crippen LogP contribution in [0.1, 0.15) is 5.56 Å². The second-order valence-corrected chi connectivity index (χ2v) is 3.27. The summed E-state index contributed by atoms with van der Waals surface area (Å²) < 4.78 is 10.5. The maximum atomic E-state index is 5.44. The minimum atomic E-state index is 0.385. The van der Waals surface area contributed by atoms with Gasteiger partial charge in [-0.05, 0) is 12.0 Å². The summed E-state index contributed by atoms with van der Waals surface area (Å²) in [4.78, 5) is 0. The van der Waals surface area contributed by atoms with Crippen LogP contribution in [0.3, 0.4) is 0 Å². The van der Waals surface area contributed by atoms with Gasteiger partial charge in [-0.2, -0.15) is 0 Å². The predicted octanol–water partition coefficient (Wildman–Crippen LogP) is 1.64. The zero-order valence-corrected chi connectivity index (χ0v) is 7.61. The molecule has 2 nitrogen and oxygen atoms in total. The molecule has 13 heavy (non-hydrogen) atoms. The predicted molar refractivity (Wildman–Crippen MR) is 50.7 cm³/mol. The van der Waals surface area contributed by atoms with Crippen molar-refractivity contribution in [2.24, 2.45) is 0 Å². The van der Waals surface area contributed by atoms with Crippen LogP contribution >= 0.6 is 0 Å². The van der Waals surface area contributed by atoms with Crippen LogP contribution in [-0.2, 0) is 15.9 Å². The van der Waals surface area contributed by atoms with Crippen LogP contribution in [0.2, 0.25) is 0 Å². The minimum absolute atomic E-state index is 0.385. The lowest BCUT2D eigenvalue weighted by Gasteiger charge is -2.01. The zero-order chi connectivity index (χ0) is 8.93. The first-order valence-electron chi connectivity index (χ1n) is 4.68. The summed E-state index contributed by atoms with van der Waals surface area (Å²) in [6.45, 7) is 2.43. The highest BCUT2D eigenvalue weighted by Crippen LogP contribution is 2.08. The zero-order valence-electron chi connectivity index (χ0n) is 7.61. The van der Waals surface area contributed by atoms with Gasteiger partial charge in [-0.15, -0.1) is 0 Å². The van der Waals surface area contributed by atoms with Crippen molar-refractivity contribution < 1.29 is 9.47 Å². The quantitative estimate of drug-likeness (QED) is 0.505. The Morgan fingerprint density at radius 1 is 1.31 bits per heavy atom. The molecule has 0 unspecified atom stereocenters. The molecule has 1 aliphatic rings. The van der Waals surface area contributed by atoms with Crippen LogP contribution in [0.25, 0.3) is 0 Å². The van der Waals surface area contributed by atoms with E-state index >= 15 is 0 Å². The Balaban J connectivity index is 1.61. The van der Waals surface area contributed by atoms with Gasteiger partial charge in [-0.25, -0.2) is 0 Å². The summed E-state index contributed by atoms with van der Waals surface area (Å²) in [7, 11) is 0. The summed E-state index contributed by atoms with van der Waals surface area (Å²) >= 11 is 0. The van der Waals surface area contributed by atoms with Crippen molar-refractivity contribution in [1.29, 1.82) is 0 Å². The summed E-state index contributed by atoms with van der Waals surface area (Å²) in [5.41, 5.74) is 1.33. The van der Waals surface area contributed by atoms with Crippen LogP contribution in [0.15, 0.2) is 30.3 Å². The van der Waals surface area contributed by atoms with Gasteiger partial charge in [0, 0.05) is 0 Å². The van der Waals surface area contributed by atoms with Crippen LogP contribution in [0.4, 0.5) is 0 Å². The molecule has 70 valence electrons. The van der Waals surface area contributed by atoms with Gasteiger partial charge in [-0.1, -0.05) is 30.3 Å². The Kier molecular flexibility index (Phi) is 2.95. The molecule has 1 aliphatic heterocycles. The van der Waals surface area contributed by atoms with Gasteiger partial charge in [0.25, 0.3) is 0 Å². The molecule has 0 saturated carbocycles. The van der Waals surface area contributed by atoms with E-state index in [-0.39, 0.29) is 0 Å². The van der Waals surface area contributed by atoms with Crippen molar-refractivity contribution in [2.45, 2.75) is 12.5 Å². The molecule has 0 spiro atoms. The lowest BCUT2D eigenvalue weighted by molar-refractivity contribution is 0.119. The third kappa shape index (κ3) is 3.17. The molecule has 0 radical (unpaired) electrons. The van der Waals surface area contributed by atoms with E-state index in [1.54, 1.807) is 0 Å². The largest absolute Gasteiger partial charge is 0.378 e. The lowest BCUT2D eigenvalue weighted by Crippen LogP contribution is -2.04. The Bertz CT molecular complexity index is 242. The first kappa shape index (κ1) is 8.73. The second-order valence-electron chi connectivity index (χ2n) is 3.27. The van der Waals surface area contributed by atoms with Crippen molar-refractivity contribution >= 4 is 0 Å². The number of epoxide rings is 1. The van der Waals surface area contributed by atoms with E-state index in [1.165, 1.54) is 5.56 Å². The molecule has 0 amide bonds. The van der Waals surface area contributed by atoms with Crippen LogP contribution in [0.5, 0.6) is 0 Å². The lowest BCUT2D eigenvalue weighted by atomic mass is 10.2. The molecule has 1 saturated heterocycles. The van der Waals surface area contributed by atoms with E-state index in [1.807, 2.05) is 6.07 Å². The Morgan fingerprint density at radius 2 is 2.08 bits per heavy atom. The average molecular weight is 178 g/mol. The Hall–Kier alpha value is -0.860. The summed E-state index contributed by atoms with van der Waals surface area (Å²) in [6.07, 6.45) is 1.38. The molecule has 1 aromatic rings. The van der Waals surface area contributed by atoms with Gasteiger partial charge in [0.05, 0.1) is 19.8 Å². The fourth-order valence-corrected chi connectivity index (χ4v) is 1.21. The summed E-state index contributed by atoms with van der Waals surface area (Å²) in [6, 6.07) is 10.4. The topological polar surface area (TPSA) is 21.8 Å². The highest BCUT2D eigenvalue weighted by Gasteiger charge is 2.21. The van der Waals surface area contributed by atoms with E-state index < -0.39 is 0 Å². The highest BCUT2D eigenvalue weighted by molar-refractivity contribution is 5.14. The summed E-state index contributed by atoms with van der Waals surface area (Å²) in [5.74, 6) is 0. The van der Waals surface area contributed by atoms with Crippen molar-refractivity contribution in [3.05, 3.63) is 35.9 Å². The van der Waals surface area contributed by atoms with Gasteiger partial charge in [-0.3, -0.25) is 0 Å². The molecule has 1 fully saturated rings. The second kappa shape index (κ2) is 4.40. The van der Waals surface area contributed by atoms with E-state index in [0.717, 1.165) is 26.2 Å². The van der Waals surface area contributed by atoms with Gasteiger partial charge in [0.15, 0.2) is 0 Å². The van der Waals surface area contributed by atoms with E-state index in [4.69, 9.17) is 9.47 Å². The van der Waals surface area contributed by atoms with Crippen LogP contribution in [-0.4, -0.2) is 25.9 Å². The van der Waals surface area contributed by atoms with Gasteiger partial charge in [0.2, 0.25) is 0 Å². The smallest absolute Gasteiger partial charge is 0.104 e. The third-order valence-corrected chi connectivity index (χ3v) is 2.08. The molecule has 2 heteroatoms. The maximum Gasteiger partial charge on any atom is 0.104 e. The normalized spacial score (nSPS) is 20.2. The van der Waals surface area contributed by atoms with Crippen LogP contribution in [0, 0.1) is 0 Å². The van der Waals surface area contributed by atoms with Gasteiger partial charge in [0.1, 0.15) is 6.10 Å². The summed E-state index contributed by atoms with van der Waals surface area (Å²) in [5, 5.41) is 0. The molecule has 1 aromatic carbocycles. The molecule has 1 heterocycles. The number of rotatable bonds is 5. The van der Waals surface area contributed by atoms with Crippen molar-refractivity contribution in [1.82, 2.24) is 0 Å². The van der Waals surface area contributed by atoms with Crippen molar-refractivity contribution in [2.75, 3.05) is 19.8 Å². The van der Waals surface area contributed by atoms with Crippen LogP contribution < -0.4 is 0 Å². The minimum Gasteiger partial charge on any atom is -0.378 e. The molecule has 0 aromatic heterocycles. The fourth-order valence-electron chi connectivity index (χ4n) is 1.21. The number of ether oxygens (including phenoxy) is 2. The van der Waals surface area contributed by atoms with Gasteiger partial charge >= 0.3 is 0 Å². The SMILES string of the molecule is c1ccc(CCOC[C@@H]2CO2)cc1. The highest BCUT2D eigenvalue weighted by atomic mass is 16.6. The monoisotopic (exact) mass is 178 g/mol. The van der Waals surface area contributed by atoms with Gasteiger partial charge < -0.3 is 9.47 Å². The first-order chi connectivity index (χ1) is 6.45. The Morgan fingerprint density at radius 3 is 2.77 bits per heavy atom. The maximum absolute atomic E-state index is 5.44. The van der Waals surface area contributed by atoms with E-state index in [9.17, 15) is 0 Å². The van der Waals surface area contributed by atoms with E-state index in [0.29, 0.717) is 6.10 Å². The number of hydrogen-bond acceptors (Lipinski definition) is 2. The molecule has 0 aliphatic carbocycles. The first-order valence-corrected chi connectivity index (χ1v) is 4.68. The molecular weight excluding hydrogens is 164 g/mol. The third-order valence-electron chi connectivity index (χ3n) is 2.08. The van der Waals surface area contributed by atoms with E-state index in [2.05, 4.69) is 24.3 Å². The van der Waals surface area contributed by atoms with Crippen molar-refractivity contribution in [3.8, 4) is 0 Å². The number of benzene rings is 1. The average Bonchev–Trinajstić information content (AvgIpc) is 2.98. The molecule has 1 atom stereocenters. The molecule has 2 rings (SSSR count).